The van der Waals surface area contributed by atoms with E-state index in [2.05, 4.69) is 5.32 Å². The standard InChI is InChI=1S/C26H36FN3O4S/c1-7-20(5)28-26(32)23(8-2)29(16-21-10-12-22(27)13-11-21)25(31)17-30(35(6,33)34)24-14-9-18(3)15-19(24)4/h9-15,20,23H,7-8,16-17H2,1-6H3,(H,28,32)/t20-,23-/m0/s1. The highest BCUT2D eigenvalue weighted by Crippen LogP contribution is 2.24. The Morgan fingerprint density at radius 1 is 1.03 bits per heavy atom. The predicted octanol–water partition coefficient (Wildman–Crippen LogP) is 3.93. The van der Waals surface area contributed by atoms with E-state index < -0.39 is 34.3 Å². The van der Waals surface area contributed by atoms with E-state index in [1.807, 2.05) is 26.8 Å². The first kappa shape index (κ1) is 28.3. The second-order valence-electron chi connectivity index (χ2n) is 8.95. The lowest BCUT2D eigenvalue weighted by molar-refractivity contribution is -0.140. The van der Waals surface area contributed by atoms with Crippen LogP contribution in [-0.4, -0.2) is 50.0 Å². The zero-order valence-corrected chi connectivity index (χ0v) is 22.2. The van der Waals surface area contributed by atoms with Crippen molar-refractivity contribution in [2.75, 3.05) is 17.1 Å². The van der Waals surface area contributed by atoms with E-state index in [4.69, 9.17) is 0 Å². The summed E-state index contributed by atoms with van der Waals surface area (Å²) in [7, 11) is -3.80. The van der Waals surface area contributed by atoms with Crippen molar-refractivity contribution < 1.29 is 22.4 Å². The largest absolute Gasteiger partial charge is 0.352 e. The number of carbonyl (C=O) groups is 2. The van der Waals surface area contributed by atoms with Crippen LogP contribution in [0, 0.1) is 19.7 Å². The highest BCUT2D eigenvalue weighted by Gasteiger charge is 2.32. The highest BCUT2D eigenvalue weighted by molar-refractivity contribution is 7.92. The molecule has 2 aromatic carbocycles. The summed E-state index contributed by atoms with van der Waals surface area (Å²) >= 11 is 0. The highest BCUT2D eigenvalue weighted by atomic mass is 32.2. The minimum Gasteiger partial charge on any atom is -0.352 e. The van der Waals surface area contributed by atoms with Gasteiger partial charge in [0.2, 0.25) is 21.8 Å². The van der Waals surface area contributed by atoms with E-state index in [1.165, 1.54) is 17.0 Å². The van der Waals surface area contributed by atoms with E-state index in [0.717, 1.165) is 28.1 Å². The molecule has 0 fully saturated rings. The Bertz CT molecular complexity index is 1140. The minimum atomic E-state index is -3.80. The van der Waals surface area contributed by atoms with Gasteiger partial charge < -0.3 is 10.2 Å². The summed E-state index contributed by atoms with van der Waals surface area (Å²) in [4.78, 5) is 28.1. The van der Waals surface area contributed by atoms with Crippen LogP contribution < -0.4 is 9.62 Å². The number of hydrogen-bond acceptors (Lipinski definition) is 4. The minimum absolute atomic E-state index is 0.0377. The molecule has 2 aromatic rings. The number of halogens is 1. The van der Waals surface area contributed by atoms with Gasteiger partial charge in [-0.15, -0.1) is 0 Å². The molecule has 1 N–H and O–H groups in total. The van der Waals surface area contributed by atoms with Crippen LogP contribution in [0.3, 0.4) is 0 Å². The molecule has 2 atom stereocenters. The second kappa shape index (κ2) is 12.2. The van der Waals surface area contributed by atoms with E-state index in [0.29, 0.717) is 17.7 Å². The first-order chi connectivity index (χ1) is 16.4. The number of benzene rings is 2. The monoisotopic (exact) mass is 505 g/mol. The van der Waals surface area contributed by atoms with Crippen LogP contribution >= 0.6 is 0 Å². The van der Waals surface area contributed by atoms with Gasteiger partial charge in [0.1, 0.15) is 18.4 Å². The number of nitrogens with one attached hydrogen (secondary N) is 1. The molecule has 0 aliphatic carbocycles. The molecule has 192 valence electrons. The third-order valence-electron chi connectivity index (χ3n) is 5.95. The third-order valence-corrected chi connectivity index (χ3v) is 7.08. The van der Waals surface area contributed by atoms with Crippen molar-refractivity contribution in [3.63, 3.8) is 0 Å². The molecular formula is C26H36FN3O4S. The molecule has 0 unspecified atom stereocenters. The molecule has 35 heavy (non-hydrogen) atoms. The quantitative estimate of drug-likeness (QED) is 0.501. The zero-order chi connectivity index (χ0) is 26.3. The number of nitrogens with zero attached hydrogens (tertiary/aromatic N) is 2. The third kappa shape index (κ3) is 7.78. The van der Waals surface area contributed by atoms with Gasteiger partial charge in [-0.25, -0.2) is 12.8 Å². The Labute approximate surface area is 208 Å². The van der Waals surface area contributed by atoms with Crippen molar-refractivity contribution in [3.8, 4) is 0 Å². The van der Waals surface area contributed by atoms with Crippen LogP contribution in [0.15, 0.2) is 42.5 Å². The molecule has 0 saturated heterocycles. The van der Waals surface area contributed by atoms with Gasteiger partial charge in [-0.2, -0.15) is 0 Å². The summed E-state index contributed by atoms with van der Waals surface area (Å²) in [6.45, 7) is 8.88. The lowest BCUT2D eigenvalue weighted by atomic mass is 10.1. The Morgan fingerprint density at radius 3 is 2.17 bits per heavy atom. The van der Waals surface area contributed by atoms with Crippen LogP contribution in [-0.2, 0) is 26.2 Å². The maximum atomic E-state index is 13.6. The molecule has 0 aliphatic heterocycles. The van der Waals surface area contributed by atoms with Crippen molar-refractivity contribution in [2.24, 2.45) is 0 Å². The van der Waals surface area contributed by atoms with Crippen LogP contribution in [0.2, 0.25) is 0 Å². The van der Waals surface area contributed by atoms with Crippen LogP contribution in [0.4, 0.5) is 10.1 Å². The summed E-state index contributed by atoms with van der Waals surface area (Å²) in [5.74, 6) is -1.24. The van der Waals surface area contributed by atoms with Gasteiger partial charge in [0, 0.05) is 12.6 Å². The van der Waals surface area contributed by atoms with Gasteiger partial charge >= 0.3 is 0 Å². The fraction of sp³-hybridized carbons (Fsp3) is 0.462. The second-order valence-corrected chi connectivity index (χ2v) is 10.9. The molecule has 0 spiro atoms. The number of amides is 2. The first-order valence-electron chi connectivity index (χ1n) is 11.8. The first-order valence-corrected chi connectivity index (χ1v) is 13.6. The van der Waals surface area contributed by atoms with Gasteiger partial charge in [0.05, 0.1) is 11.9 Å². The normalized spacial score (nSPS) is 13.1. The summed E-state index contributed by atoms with van der Waals surface area (Å²) in [6, 6.07) is 10.1. The SMILES string of the molecule is CC[C@H](C)NC(=O)[C@H](CC)N(Cc1ccc(F)cc1)C(=O)CN(c1ccc(C)cc1C)S(C)(=O)=O. The molecule has 7 nitrogen and oxygen atoms in total. The molecule has 0 aliphatic rings. The van der Waals surface area contributed by atoms with Crippen molar-refractivity contribution in [2.45, 2.75) is 66.1 Å². The van der Waals surface area contributed by atoms with E-state index >= 15 is 0 Å². The number of sulfonamides is 1. The molecule has 9 heteroatoms. The molecule has 0 heterocycles. The molecule has 0 aromatic heterocycles. The van der Waals surface area contributed by atoms with Crippen molar-refractivity contribution in [1.29, 1.82) is 0 Å². The average Bonchev–Trinajstić information content (AvgIpc) is 2.78. The van der Waals surface area contributed by atoms with E-state index in [1.54, 1.807) is 38.1 Å². The van der Waals surface area contributed by atoms with Gasteiger partial charge in [-0.3, -0.25) is 13.9 Å². The van der Waals surface area contributed by atoms with Crippen LogP contribution in [0.5, 0.6) is 0 Å². The molecule has 0 bridgehead atoms. The molecule has 2 amide bonds. The number of carbonyl (C=O) groups excluding carboxylic acids is 2. The fourth-order valence-corrected chi connectivity index (χ4v) is 4.73. The molecular weight excluding hydrogens is 469 g/mol. The fourth-order valence-electron chi connectivity index (χ4n) is 3.83. The van der Waals surface area contributed by atoms with Crippen molar-refractivity contribution >= 4 is 27.5 Å². The summed E-state index contributed by atoms with van der Waals surface area (Å²) < 4.78 is 40.0. The summed E-state index contributed by atoms with van der Waals surface area (Å²) in [5.41, 5.74) is 2.73. The maximum absolute atomic E-state index is 13.6. The van der Waals surface area contributed by atoms with E-state index in [-0.39, 0.29) is 18.5 Å². The van der Waals surface area contributed by atoms with E-state index in [9.17, 15) is 22.4 Å². The summed E-state index contributed by atoms with van der Waals surface area (Å²) in [5, 5.41) is 2.92. The predicted molar refractivity (Wildman–Crippen MR) is 137 cm³/mol. The van der Waals surface area contributed by atoms with Gasteiger partial charge in [0.25, 0.3) is 0 Å². The van der Waals surface area contributed by atoms with Crippen molar-refractivity contribution in [1.82, 2.24) is 10.2 Å². The van der Waals surface area contributed by atoms with Gasteiger partial charge in [-0.05, 0) is 62.9 Å². The number of aryl methyl sites for hydroxylation is 2. The molecule has 0 saturated carbocycles. The number of rotatable bonds is 11. The lowest BCUT2D eigenvalue weighted by Crippen LogP contribution is -2.53. The molecule has 2 rings (SSSR count). The average molecular weight is 506 g/mol. The number of anilines is 1. The number of hydrogen-bond donors (Lipinski definition) is 1. The van der Waals surface area contributed by atoms with Crippen LogP contribution in [0.1, 0.15) is 50.3 Å². The zero-order valence-electron chi connectivity index (χ0n) is 21.3. The Hall–Kier alpha value is -2.94. The smallest absolute Gasteiger partial charge is 0.244 e. The van der Waals surface area contributed by atoms with Gasteiger partial charge in [0.15, 0.2) is 0 Å². The molecule has 0 radical (unpaired) electrons. The topological polar surface area (TPSA) is 86.8 Å². The maximum Gasteiger partial charge on any atom is 0.244 e. The summed E-state index contributed by atoms with van der Waals surface area (Å²) in [6.07, 6.45) is 2.11. The Morgan fingerprint density at radius 2 is 1.66 bits per heavy atom. The van der Waals surface area contributed by atoms with Crippen molar-refractivity contribution in [3.05, 3.63) is 65.0 Å². The van der Waals surface area contributed by atoms with Crippen LogP contribution in [0.25, 0.3) is 0 Å². The van der Waals surface area contributed by atoms with Gasteiger partial charge in [-0.1, -0.05) is 43.7 Å². The Kier molecular flexibility index (Phi) is 9.82. The lowest BCUT2D eigenvalue weighted by Gasteiger charge is -2.33. The Balaban J connectivity index is 2.46.